The van der Waals surface area contributed by atoms with Gasteiger partial charge in [-0.25, -0.2) is 23.2 Å². The molecule has 1 atom stereocenters. The smallest absolute Gasteiger partial charge is 0.409 e. The van der Waals surface area contributed by atoms with Gasteiger partial charge in [0.2, 0.25) is 0 Å². The first-order valence-electron chi connectivity index (χ1n) is 10.2. The third-order valence-corrected chi connectivity index (χ3v) is 5.94. The molecule has 2 aromatic carbocycles. The number of amides is 2. The molecule has 0 aliphatic heterocycles. The Kier molecular flexibility index (Phi) is 11.0. The molecular weight excluding hydrogens is 483 g/mol. The summed E-state index contributed by atoms with van der Waals surface area (Å²) in [6, 6.07) is 11.7. The lowest BCUT2D eigenvalue weighted by molar-refractivity contribution is -0.129. The molecular formula is C22H25FN4O7S. The van der Waals surface area contributed by atoms with E-state index in [0.717, 1.165) is 10.4 Å². The highest BCUT2D eigenvalue weighted by Crippen LogP contribution is 2.27. The Hall–Kier alpha value is -3.57. The highest BCUT2D eigenvalue weighted by atomic mass is 32.2. The topological polar surface area (TPSA) is 141 Å². The van der Waals surface area contributed by atoms with Crippen LogP contribution in [-0.2, 0) is 25.3 Å². The van der Waals surface area contributed by atoms with Gasteiger partial charge in [-0.15, -0.1) is 0 Å². The van der Waals surface area contributed by atoms with Crippen molar-refractivity contribution in [3.05, 3.63) is 53.8 Å². The number of nitriles is 1. The fraction of sp³-hybridized carbons (Fsp3) is 0.318. The summed E-state index contributed by atoms with van der Waals surface area (Å²) in [5.41, 5.74) is 1.87. The Labute approximate surface area is 204 Å². The molecule has 188 valence electrons. The van der Waals surface area contributed by atoms with E-state index in [1.54, 1.807) is 0 Å². The Morgan fingerprint density at radius 1 is 1.17 bits per heavy atom. The highest BCUT2D eigenvalue weighted by Gasteiger charge is 2.22. The number of likely N-dealkylation sites (N-methyl/N-ethyl adjacent to an activating group) is 1. The number of hydrogen-bond donors (Lipinski definition) is 2. The Bertz CT molecular complexity index is 1080. The molecule has 0 fully saturated rings. The average Bonchev–Trinajstić information content (AvgIpc) is 2.87. The van der Waals surface area contributed by atoms with Crippen molar-refractivity contribution in [1.29, 1.82) is 5.26 Å². The van der Waals surface area contributed by atoms with Crippen LogP contribution in [0.1, 0.15) is 5.56 Å². The number of nitrogens with one attached hydrogen (secondary N) is 1. The average molecular weight is 509 g/mol. The van der Waals surface area contributed by atoms with Crippen LogP contribution in [0.4, 0.5) is 9.18 Å². The SMILES string of the molecule is COCCOC(=O)N(C)CCN(CC(=O)NO)S(=O)c1ccc(Oc2ccc(C#N)cc2)c(F)c1. The number of carbonyl (C=O) groups excluding carboxylic acids is 2. The van der Waals surface area contributed by atoms with E-state index >= 15 is 0 Å². The number of benzene rings is 2. The number of nitrogens with zero attached hydrogens (tertiary/aromatic N) is 3. The van der Waals surface area contributed by atoms with Gasteiger partial charge in [0.25, 0.3) is 5.91 Å². The lowest BCUT2D eigenvalue weighted by Gasteiger charge is -2.23. The highest BCUT2D eigenvalue weighted by molar-refractivity contribution is 7.82. The first-order valence-corrected chi connectivity index (χ1v) is 11.3. The standard InChI is InChI=1S/C22H25FN4O7S/c1-26(22(29)33-12-11-32-2)9-10-27(15-21(28)25-30)35(31)18-7-8-20(19(23)13-18)34-17-5-3-16(14-24)4-6-17/h3-8,13,30H,9-12,15H2,1-2H3,(H,25,28). The summed E-state index contributed by atoms with van der Waals surface area (Å²) in [6.45, 7) is -0.234. The van der Waals surface area contributed by atoms with Crippen LogP contribution in [-0.4, -0.2) is 77.6 Å². The van der Waals surface area contributed by atoms with Crippen molar-refractivity contribution in [3.8, 4) is 17.6 Å². The van der Waals surface area contributed by atoms with E-state index in [9.17, 15) is 18.2 Å². The van der Waals surface area contributed by atoms with E-state index in [4.69, 9.17) is 24.7 Å². The minimum Gasteiger partial charge on any atom is -0.454 e. The zero-order valence-electron chi connectivity index (χ0n) is 19.1. The van der Waals surface area contributed by atoms with E-state index in [1.165, 1.54) is 60.9 Å². The molecule has 2 N–H and O–H groups in total. The molecule has 0 bridgehead atoms. The van der Waals surface area contributed by atoms with Gasteiger partial charge in [0, 0.05) is 27.2 Å². The van der Waals surface area contributed by atoms with Crippen LogP contribution >= 0.6 is 0 Å². The summed E-state index contributed by atoms with van der Waals surface area (Å²) in [7, 11) is 0.901. The summed E-state index contributed by atoms with van der Waals surface area (Å²) in [4.78, 5) is 24.9. The molecule has 0 radical (unpaired) electrons. The summed E-state index contributed by atoms with van der Waals surface area (Å²) >= 11 is 0. The van der Waals surface area contributed by atoms with Gasteiger partial charge in [-0.2, -0.15) is 5.26 Å². The van der Waals surface area contributed by atoms with Gasteiger partial charge < -0.3 is 19.1 Å². The molecule has 11 nitrogen and oxygen atoms in total. The first kappa shape index (κ1) is 27.7. The fourth-order valence-corrected chi connectivity index (χ4v) is 3.81. The van der Waals surface area contributed by atoms with Crippen LogP contribution in [0.15, 0.2) is 47.4 Å². The second-order valence-corrected chi connectivity index (χ2v) is 8.49. The summed E-state index contributed by atoms with van der Waals surface area (Å²) in [5, 5.41) is 17.7. The lowest BCUT2D eigenvalue weighted by atomic mass is 10.2. The molecule has 13 heteroatoms. The number of ether oxygens (including phenoxy) is 3. The van der Waals surface area contributed by atoms with Crippen LogP contribution in [0, 0.1) is 17.1 Å². The van der Waals surface area contributed by atoms with E-state index in [1.807, 2.05) is 6.07 Å². The predicted octanol–water partition coefficient (Wildman–Crippen LogP) is 2.03. The van der Waals surface area contributed by atoms with Crippen molar-refractivity contribution in [2.75, 3.05) is 47.0 Å². The monoisotopic (exact) mass is 508 g/mol. The molecule has 2 aromatic rings. The van der Waals surface area contributed by atoms with E-state index in [0.29, 0.717) is 11.3 Å². The van der Waals surface area contributed by atoms with Crippen molar-refractivity contribution in [1.82, 2.24) is 14.7 Å². The number of methoxy groups -OCH3 is 1. The van der Waals surface area contributed by atoms with Gasteiger partial charge in [0.15, 0.2) is 11.6 Å². The third-order valence-electron chi connectivity index (χ3n) is 4.50. The zero-order chi connectivity index (χ0) is 25.8. The fourth-order valence-electron chi connectivity index (χ4n) is 2.64. The van der Waals surface area contributed by atoms with Crippen molar-refractivity contribution >= 4 is 23.0 Å². The summed E-state index contributed by atoms with van der Waals surface area (Å²) < 4.78 is 44.2. The van der Waals surface area contributed by atoms with Gasteiger partial charge in [-0.3, -0.25) is 10.0 Å². The van der Waals surface area contributed by atoms with E-state index < -0.39 is 35.3 Å². The van der Waals surface area contributed by atoms with Crippen LogP contribution < -0.4 is 10.2 Å². The molecule has 2 amide bonds. The molecule has 0 saturated carbocycles. The van der Waals surface area contributed by atoms with Crippen molar-refractivity contribution in [2.45, 2.75) is 4.90 Å². The number of hydrogen-bond acceptors (Lipinski definition) is 8. The van der Waals surface area contributed by atoms with Gasteiger partial charge in [0.05, 0.1) is 29.7 Å². The van der Waals surface area contributed by atoms with Crippen LogP contribution in [0.25, 0.3) is 0 Å². The number of halogens is 1. The quantitative estimate of drug-likeness (QED) is 0.252. The maximum Gasteiger partial charge on any atom is 0.409 e. The minimum absolute atomic E-state index is 0.0264. The Morgan fingerprint density at radius 2 is 1.89 bits per heavy atom. The Morgan fingerprint density at radius 3 is 2.49 bits per heavy atom. The molecule has 0 aromatic heterocycles. The molecule has 1 unspecified atom stereocenters. The lowest BCUT2D eigenvalue weighted by Crippen LogP contribution is -2.42. The predicted molar refractivity (Wildman–Crippen MR) is 121 cm³/mol. The van der Waals surface area contributed by atoms with Gasteiger partial charge in [-0.1, -0.05) is 0 Å². The molecule has 2 rings (SSSR count). The molecule has 0 saturated heterocycles. The molecule has 0 aliphatic carbocycles. The van der Waals surface area contributed by atoms with Gasteiger partial charge >= 0.3 is 6.09 Å². The maximum atomic E-state index is 14.7. The van der Waals surface area contributed by atoms with Crippen molar-refractivity contribution in [2.24, 2.45) is 0 Å². The minimum atomic E-state index is -2.02. The molecule has 0 heterocycles. The number of rotatable bonds is 12. The van der Waals surface area contributed by atoms with Gasteiger partial charge in [-0.05, 0) is 42.5 Å². The number of carbonyl (C=O) groups is 2. The van der Waals surface area contributed by atoms with Crippen molar-refractivity contribution in [3.63, 3.8) is 0 Å². The van der Waals surface area contributed by atoms with Crippen molar-refractivity contribution < 1.29 is 37.6 Å². The normalized spacial score (nSPS) is 11.4. The van der Waals surface area contributed by atoms with Crippen LogP contribution in [0.3, 0.4) is 0 Å². The maximum absolute atomic E-state index is 14.7. The first-order chi connectivity index (χ1) is 16.8. The second-order valence-electron chi connectivity index (χ2n) is 7.01. The third kappa shape index (κ3) is 8.62. The van der Waals surface area contributed by atoms with E-state index in [-0.39, 0.29) is 36.9 Å². The largest absolute Gasteiger partial charge is 0.454 e. The Balaban J connectivity index is 2.10. The van der Waals surface area contributed by atoms with Crippen LogP contribution in [0.2, 0.25) is 0 Å². The summed E-state index contributed by atoms with van der Waals surface area (Å²) in [6.07, 6.45) is -0.644. The molecule has 0 spiro atoms. The second kappa shape index (κ2) is 14.0. The zero-order valence-corrected chi connectivity index (χ0v) is 19.9. The summed E-state index contributed by atoms with van der Waals surface area (Å²) in [5.74, 6) is -1.47. The molecule has 0 aliphatic rings. The van der Waals surface area contributed by atoms with E-state index in [2.05, 4.69) is 0 Å². The van der Waals surface area contributed by atoms with Crippen LogP contribution in [0.5, 0.6) is 11.5 Å². The van der Waals surface area contributed by atoms with Gasteiger partial charge in [0.1, 0.15) is 23.3 Å². The molecule has 35 heavy (non-hydrogen) atoms. The number of hydroxylamine groups is 1.